The number of benzene rings is 1. The van der Waals surface area contributed by atoms with E-state index in [0.29, 0.717) is 0 Å². The molecule has 0 saturated carbocycles. The summed E-state index contributed by atoms with van der Waals surface area (Å²) in [6.07, 6.45) is 7.32. The minimum absolute atomic E-state index is 0.765. The summed E-state index contributed by atoms with van der Waals surface area (Å²) in [5, 5.41) is 0. The Hall–Kier alpha value is -1.28. The molecular weight excluding hydrogens is 224 g/mol. The molecule has 0 aliphatic heterocycles. The Balaban J connectivity index is 2.18. The van der Waals surface area contributed by atoms with E-state index in [2.05, 4.69) is 24.3 Å². The summed E-state index contributed by atoms with van der Waals surface area (Å²) >= 11 is 0. The second-order valence-corrected chi connectivity index (χ2v) is 4.17. The van der Waals surface area contributed by atoms with Gasteiger partial charge >= 0.3 is 0 Å². The fraction of sp³-hybridized carbons (Fsp3) is 0.500. The Morgan fingerprint density at radius 1 is 1.06 bits per heavy atom. The molecule has 1 aromatic carbocycles. The summed E-state index contributed by atoms with van der Waals surface area (Å²) in [6, 6.07) is 8.33. The van der Waals surface area contributed by atoms with Crippen LogP contribution in [0.2, 0.25) is 0 Å². The molecule has 0 unspecified atom stereocenters. The minimum atomic E-state index is 0.765. The molecule has 0 amide bonds. The zero-order valence-electron chi connectivity index (χ0n) is 11.5. The van der Waals surface area contributed by atoms with E-state index in [4.69, 9.17) is 9.47 Å². The first kappa shape index (κ1) is 14.8. The largest absolute Gasteiger partial charge is 0.494 e. The predicted molar refractivity (Wildman–Crippen MR) is 76.2 cm³/mol. The van der Waals surface area contributed by atoms with E-state index < -0.39 is 0 Å². The summed E-state index contributed by atoms with van der Waals surface area (Å²) < 4.78 is 10.9. The fourth-order valence-corrected chi connectivity index (χ4v) is 1.62. The molecule has 0 bridgehead atoms. The van der Waals surface area contributed by atoms with E-state index in [0.717, 1.165) is 44.8 Å². The number of rotatable bonds is 9. The second kappa shape index (κ2) is 9.72. The maximum absolute atomic E-state index is 5.67. The van der Waals surface area contributed by atoms with Gasteiger partial charge in [0.15, 0.2) is 0 Å². The van der Waals surface area contributed by atoms with E-state index >= 15 is 0 Å². The van der Waals surface area contributed by atoms with Crippen molar-refractivity contribution in [2.75, 3.05) is 19.8 Å². The van der Waals surface area contributed by atoms with Gasteiger partial charge in [-0.25, -0.2) is 0 Å². The SMILES string of the molecule is CC=CCc1ccc(OCCCCOCC)cc1. The quantitative estimate of drug-likeness (QED) is 0.486. The fourth-order valence-electron chi connectivity index (χ4n) is 1.62. The maximum Gasteiger partial charge on any atom is 0.119 e. The molecule has 0 aromatic heterocycles. The molecule has 0 fully saturated rings. The molecule has 0 aliphatic carbocycles. The Morgan fingerprint density at radius 3 is 2.44 bits per heavy atom. The van der Waals surface area contributed by atoms with Crippen LogP contribution in [0.3, 0.4) is 0 Å². The van der Waals surface area contributed by atoms with Crippen molar-refractivity contribution in [3.8, 4) is 5.75 Å². The molecule has 100 valence electrons. The van der Waals surface area contributed by atoms with Crippen LogP contribution in [-0.4, -0.2) is 19.8 Å². The zero-order chi connectivity index (χ0) is 13.1. The van der Waals surface area contributed by atoms with E-state index in [1.165, 1.54) is 5.56 Å². The lowest BCUT2D eigenvalue weighted by atomic mass is 10.1. The summed E-state index contributed by atoms with van der Waals surface area (Å²) in [5.74, 6) is 0.954. The highest BCUT2D eigenvalue weighted by Crippen LogP contribution is 2.13. The summed E-state index contributed by atoms with van der Waals surface area (Å²) in [6.45, 7) is 6.46. The molecule has 2 nitrogen and oxygen atoms in total. The molecule has 1 rings (SSSR count). The third-order valence-electron chi connectivity index (χ3n) is 2.67. The van der Waals surface area contributed by atoms with Gasteiger partial charge in [0.2, 0.25) is 0 Å². The van der Waals surface area contributed by atoms with Crippen LogP contribution in [0.25, 0.3) is 0 Å². The zero-order valence-corrected chi connectivity index (χ0v) is 11.5. The van der Waals surface area contributed by atoms with Crippen LogP contribution in [-0.2, 0) is 11.2 Å². The van der Waals surface area contributed by atoms with E-state index in [1.54, 1.807) is 0 Å². The molecule has 2 heteroatoms. The smallest absolute Gasteiger partial charge is 0.119 e. The van der Waals surface area contributed by atoms with Crippen molar-refractivity contribution >= 4 is 0 Å². The third kappa shape index (κ3) is 6.45. The highest BCUT2D eigenvalue weighted by atomic mass is 16.5. The van der Waals surface area contributed by atoms with Gasteiger partial charge in [-0.15, -0.1) is 0 Å². The third-order valence-corrected chi connectivity index (χ3v) is 2.67. The Morgan fingerprint density at radius 2 is 1.78 bits per heavy atom. The van der Waals surface area contributed by atoms with Gasteiger partial charge in [-0.1, -0.05) is 24.3 Å². The van der Waals surface area contributed by atoms with Gasteiger partial charge in [0.1, 0.15) is 5.75 Å². The van der Waals surface area contributed by atoms with Crippen LogP contribution in [0.1, 0.15) is 32.3 Å². The standard InChI is InChI=1S/C16H24O2/c1-3-5-8-15-9-11-16(12-10-15)18-14-7-6-13-17-4-2/h3,5,9-12H,4,6-8,13-14H2,1-2H3. The van der Waals surface area contributed by atoms with Crippen LogP contribution in [0.5, 0.6) is 5.75 Å². The number of unbranched alkanes of at least 4 members (excludes halogenated alkanes) is 1. The average molecular weight is 248 g/mol. The van der Waals surface area contributed by atoms with Crippen molar-refractivity contribution in [3.63, 3.8) is 0 Å². The molecule has 0 N–H and O–H groups in total. The summed E-state index contributed by atoms with van der Waals surface area (Å²) in [7, 11) is 0. The summed E-state index contributed by atoms with van der Waals surface area (Å²) in [4.78, 5) is 0. The van der Waals surface area contributed by atoms with Crippen LogP contribution in [0.4, 0.5) is 0 Å². The number of hydrogen-bond donors (Lipinski definition) is 0. The lowest BCUT2D eigenvalue weighted by molar-refractivity contribution is 0.138. The number of hydrogen-bond acceptors (Lipinski definition) is 2. The van der Waals surface area contributed by atoms with Crippen molar-refractivity contribution < 1.29 is 9.47 Å². The molecule has 1 aromatic rings. The minimum Gasteiger partial charge on any atom is -0.494 e. The average Bonchev–Trinajstić information content (AvgIpc) is 2.42. The lowest BCUT2D eigenvalue weighted by Gasteiger charge is -2.06. The predicted octanol–water partition coefficient (Wildman–Crippen LogP) is 4.00. The Kier molecular flexibility index (Phi) is 7.98. The molecular formula is C16H24O2. The number of allylic oxidation sites excluding steroid dienone is 2. The topological polar surface area (TPSA) is 18.5 Å². The molecule has 0 atom stereocenters. The van der Waals surface area contributed by atoms with Crippen molar-refractivity contribution in [1.29, 1.82) is 0 Å². The summed E-state index contributed by atoms with van der Waals surface area (Å²) in [5.41, 5.74) is 1.32. The van der Waals surface area contributed by atoms with E-state index in [9.17, 15) is 0 Å². The van der Waals surface area contributed by atoms with Gasteiger partial charge in [0.25, 0.3) is 0 Å². The first-order valence-corrected chi connectivity index (χ1v) is 6.77. The van der Waals surface area contributed by atoms with Crippen LogP contribution in [0, 0.1) is 0 Å². The maximum atomic E-state index is 5.67. The van der Waals surface area contributed by atoms with Crippen LogP contribution in [0.15, 0.2) is 36.4 Å². The number of ether oxygens (including phenoxy) is 2. The van der Waals surface area contributed by atoms with Crippen LogP contribution >= 0.6 is 0 Å². The first-order valence-electron chi connectivity index (χ1n) is 6.77. The van der Waals surface area contributed by atoms with Crippen molar-refractivity contribution in [3.05, 3.63) is 42.0 Å². The molecule has 0 aliphatic rings. The van der Waals surface area contributed by atoms with Crippen LogP contribution < -0.4 is 4.74 Å². The highest BCUT2D eigenvalue weighted by Gasteiger charge is 1.95. The van der Waals surface area contributed by atoms with Crippen molar-refractivity contribution in [2.24, 2.45) is 0 Å². The van der Waals surface area contributed by atoms with Gasteiger partial charge in [0.05, 0.1) is 6.61 Å². The van der Waals surface area contributed by atoms with E-state index in [1.807, 2.05) is 26.0 Å². The molecule has 18 heavy (non-hydrogen) atoms. The molecule has 0 spiro atoms. The second-order valence-electron chi connectivity index (χ2n) is 4.17. The Bertz CT molecular complexity index is 327. The van der Waals surface area contributed by atoms with Gasteiger partial charge in [-0.3, -0.25) is 0 Å². The van der Waals surface area contributed by atoms with Crippen molar-refractivity contribution in [2.45, 2.75) is 33.1 Å². The van der Waals surface area contributed by atoms with Gasteiger partial charge in [-0.2, -0.15) is 0 Å². The monoisotopic (exact) mass is 248 g/mol. The molecule has 0 heterocycles. The normalized spacial score (nSPS) is 11.0. The lowest BCUT2D eigenvalue weighted by Crippen LogP contribution is -2.00. The van der Waals surface area contributed by atoms with Crippen molar-refractivity contribution in [1.82, 2.24) is 0 Å². The van der Waals surface area contributed by atoms with Gasteiger partial charge in [-0.05, 0) is 50.8 Å². The van der Waals surface area contributed by atoms with Gasteiger partial charge < -0.3 is 9.47 Å². The first-order chi connectivity index (χ1) is 8.86. The molecule has 0 radical (unpaired) electrons. The van der Waals surface area contributed by atoms with Gasteiger partial charge in [0, 0.05) is 13.2 Å². The molecule has 0 saturated heterocycles. The van der Waals surface area contributed by atoms with E-state index in [-0.39, 0.29) is 0 Å². The Labute approximate surface area is 111 Å². The highest BCUT2D eigenvalue weighted by molar-refractivity contribution is 5.28.